The molecule has 0 saturated carbocycles. The van der Waals surface area contributed by atoms with E-state index < -0.39 is 37.4 Å². The van der Waals surface area contributed by atoms with Gasteiger partial charge in [-0.25, -0.2) is 30.9 Å². The smallest absolute Gasteiger partial charge is 0.272 e. The maximum atomic E-state index is 14.5. The molecule has 0 spiro atoms. The van der Waals surface area contributed by atoms with E-state index in [2.05, 4.69) is 4.98 Å². The molecule has 0 radical (unpaired) electrons. The Bertz CT molecular complexity index is 1170. The fourth-order valence-electron chi connectivity index (χ4n) is 2.63. The quantitative estimate of drug-likeness (QED) is 0.366. The van der Waals surface area contributed by atoms with Crippen molar-refractivity contribution in [3.05, 3.63) is 63.9 Å². The Morgan fingerprint density at radius 3 is 2.47 bits per heavy atom. The number of hydrogen-bond donors (Lipinski definition) is 0. The van der Waals surface area contributed by atoms with Crippen molar-refractivity contribution in [1.29, 1.82) is 0 Å². The zero-order valence-electron chi connectivity index (χ0n) is 15.5. The third-order valence-electron chi connectivity index (χ3n) is 4.06. The van der Waals surface area contributed by atoms with Crippen molar-refractivity contribution < 1.29 is 31.1 Å². The predicted molar refractivity (Wildman–Crippen MR) is 106 cm³/mol. The van der Waals surface area contributed by atoms with Gasteiger partial charge in [0.2, 0.25) is 0 Å². The summed E-state index contributed by atoms with van der Waals surface area (Å²) in [5, 5.41) is 0.302. The number of rotatable bonds is 7. The van der Waals surface area contributed by atoms with Gasteiger partial charge in [-0.1, -0.05) is 11.6 Å². The molecule has 0 bridgehead atoms. The maximum absolute atomic E-state index is 14.5. The van der Waals surface area contributed by atoms with Crippen LogP contribution in [0.3, 0.4) is 0 Å². The van der Waals surface area contributed by atoms with Gasteiger partial charge in [-0.15, -0.1) is 11.3 Å². The second-order valence-electron chi connectivity index (χ2n) is 5.80. The monoisotopic (exact) mass is 478 g/mol. The first kappa shape index (κ1) is 22.2. The number of benzene rings is 2. The molecule has 1 aromatic heterocycles. The summed E-state index contributed by atoms with van der Waals surface area (Å²) >= 11 is 6.42. The van der Waals surface area contributed by atoms with E-state index in [4.69, 9.17) is 21.1 Å². The number of methoxy groups -OCH3 is 2. The van der Waals surface area contributed by atoms with Crippen molar-refractivity contribution in [2.75, 3.05) is 18.5 Å². The summed E-state index contributed by atoms with van der Waals surface area (Å²) in [5.41, 5.74) is 0.367. The molecule has 3 aromatic rings. The van der Waals surface area contributed by atoms with Crippen LogP contribution in [-0.2, 0) is 16.6 Å². The minimum absolute atomic E-state index is 0.0629. The van der Waals surface area contributed by atoms with Crippen LogP contribution in [0.2, 0.25) is 5.02 Å². The summed E-state index contributed by atoms with van der Waals surface area (Å²) in [6, 6.07) is 4.85. The van der Waals surface area contributed by atoms with Crippen molar-refractivity contribution in [1.82, 2.24) is 4.98 Å². The van der Waals surface area contributed by atoms with Gasteiger partial charge in [0.1, 0.15) is 28.2 Å². The van der Waals surface area contributed by atoms with Gasteiger partial charge in [-0.3, -0.25) is 0 Å². The summed E-state index contributed by atoms with van der Waals surface area (Å²) in [5.74, 6) is -4.01. The minimum atomic E-state index is -4.87. The molecular formula is C18H14ClF3N2O4S2. The molecule has 0 amide bonds. The van der Waals surface area contributed by atoms with Gasteiger partial charge in [0.05, 0.1) is 20.8 Å². The predicted octanol–water partition coefficient (Wildman–Crippen LogP) is 4.63. The Morgan fingerprint density at radius 2 is 1.87 bits per heavy atom. The molecule has 0 saturated heterocycles. The topological polar surface area (TPSA) is 68.7 Å². The molecule has 0 unspecified atom stereocenters. The van der Waals surface area contributed by atoms with Crippen LogP contribution >= 0.6 is 22.9 Å². The van der Waals surface area contributed by atoms with Gasteiger partial charge in [-0.2, -0.15) is 0 Å². The van der Waals surface area contributed by atoms with E-state index in [9.17, 15) is 21.6 Å². The Kier molecular flexibility index (Phi) is 6.44. The first-order valence-electron chi connectivity index (χ1n) is 8.16. The van der Waals surface area contributed by atoms with Gasteiger partial charge in [0.15, 0.2) is 15.8 Å². The number of anilines is 1. The van der Waals surface area contributed by atoms with Crippen molar-refractivity contribution in [3.63, 3.8) is 0 Å². The van der Waals surface area contributed by atoms with Crippen LogP contribution < -0.4 is 13.8 Å². The lowest BCUT2D eigenvalue weighted by Gasteiger charge is -2.23. The lowest BCUT2D eigenvalue weighted by molar-refractivity contribution is 0.391. The fraction of sp³-hybridized carbons (Fsp3) is 0.167. The van der Waals surface area contributed by atoms with Crippen LogP contribution in [0.4, 0.5) is 18.3 Å². The lowest BCUT2D eigenvalue weighted by Crippen LogP contribution is -2.32. The van der Waals surface area contributed by atoms with Gasteiger partial charge in [0.25, 0.3) is 10.0 Å². The van der Waals surface area contributed by atoms with E-state index >= 15 is 0 Å². The fourth-order valence-corrected chi connectivity index (χ4v) is 5.22. The van der Waals surface area contributed by atoms with E-state index in [1.165, 1.54) is 37.9 Å². The zero-order valence-corrected chi connectivity index (χ0v) is 17.9. The van der Waals surface area contributed by atoms with Crippen molar-refractivity contribution in [3.8, 4) is 11.5 Å². The molecule has 0 aliphatic carbocycles. The molecule has 0 N–H and O–H groups in total. The highest BCUT2D eigenvalue weighted by Gasteiger charge is 2.35. The number of nitrogens with zero attached hydrogens (tertiary/aromatic N) is 2. The number of hydrogen-bond acceptors (Lipinski definition) is 6. The molecule has 3 rings (SSSR count). The molecule has 6 nitrogen and oxygen atoms in total. The van der Waals surface area contributed by atoms with Gasteiger partial charge >= 0.3 is 0 Å². The minimum Gasteiger partial charge on any atom is -0.497 e. The summed E-state index contributed by atoms with van der Waals surface area (Å²) in [4.78, 5) is 2.56. The third kappa shape index (κ3) is 4.05. The standard InChI is InChI=1S/C18H14ClF3N2O4S2/c1-27-11-4-3-10(14(7-11)28-2)9-24(18-23-5-6-29-18)30(25,26)17-13(21)8-12(20)15(19)16(17)22/h3-8H,9H2,1-2H3. The van der Waals surface area contributed by atoms with Crippen molar-refractivity contribution in [2.24, 2.45) is 0 Å². The summed E-state index contributed by atoms with van der Waals surface area (Å²) in [6.45, 7) is -0.378. The molecule has 12 heteroatoms. The van der Waals surface area contributed by atoms with Gasteiger partial charge in [0, 0.05) is 29.3 Å². The average molecular weight is 479 g/mol. The third-order valence-corrected chi connectivity index (χ3v) is 7.09. The van der Waals surface area contributed by atoms with E-state index in [1.807, 2.05) is 0 Å². The summed E-state index contributed by atoms with van der Waals surface area (Å²) in [6.07, 6.45) is 1.33. The van der Waals surface area contributed by atoms with Gasteiger partial charge in [-0.05, 0) is 12.1 Å². The second kappa shape index (κ2) is 8.70. The normalized spacial score (nSPS) is 11.4. The van der Waals surface area contributed by atoms with Crippen molar-refractivity contribution >= 4 is 38.1 Å². The molecule has 1 heterocycles. The number of aromatic nitrogens is 1. The van der Waals surface area contributed by atoms with Crippen LogP contribution in [0.1, 0.15) is 5.56 Å². The Balaban J connectivity index is 2.16. The zero-order chi connectivity index (χ0) is 22.1. The summed E-state index contributed by atoms with van der Waals surface area (Å²) < 4.78 is 80.0. The van der Waals surface area contributed by atoms with E-state index in [0.717, 1.165) is 11.3 Å². The van der Waals surface area contributed by atoms with Crippen LogP contribution in [-0.4, -0.2) is 27.6 Å². The molecule has 0 atom stereocenters. The molecule has 0 aliphatic heterocycles. The Morgan fingerprint density at radius 1 is 1.13 bits per heavy atom. The highest BCUT2D eigenvalue weighted by molar-refractivity contribution is 7.93. The van der Waals surface area contributed by atoms with Crippen LogP contribution in [0.25, 0.3) is 0 Å². The van der Waals surface area contributed by atoms with E-state index in [0.29, 0.717) is 15.6 Å². The molecule has 160 valence electrons. The lowest BCUT2D eigenvalue weighted by atomic mass is 10.2. The average Bonchev–Trinajstić information content (AvgIpc) is 3.24. The first-order valence-corrected chi connectivity index (χ1v) is 10.9. The number of sulfonamides is 1. The second-order valence-corrected chi connectivity index (χ2v) is 8.85. The highest BCUT2D eigenvalue weighted by Crippen LogP contribution is 2.35. The molecular weight excluding hydrogens is 465 g/mol. The van der Waals surface area contributed by atoms with E-state index in [-0.39, 0.29) is 23.5 Å². The summed E-state index contributed by atoms with van der Waals surface area (Å²) in [7, 11) is -2.05. The largest absolute Gasteiger partial charge is 0.497 e. The number of ether oxygens (including phenoxy) is 2. The van der Waals surface area contributed by atoms with Gasteiger partial charge < -0.3 is 9.47 Å². The van der Waals surface area contributed by atoms with Crippen LogP contribution in [0, 0.1) is 17.5 Å². The molecule has 0 aliphatic rings. The molecule has 2 aromatic carbocycles. The first-order chi connectivity index (χ1) is 14.2. The van der Waals surface area contributed by atoms with Crippen LogP contribution in [0.15, 0.2) is 40.7 Å². The highest BCUT2D eigenvalue weighted by atomic mass is 35.5. The number of thiazole rings is 1. The number of halogens is 4. The Labute approximate surface area is 179 Å². The molecule has 0 fully saturated rings. The Hall–Kier alpha value is -2.50. The SMILES string of the molecule is COc1ccc(CN(c2nccs2)S(=O)(=O)c2c(F)cc(F)c(Cl)c2F)c(OC)c1. The van der Waals surface area contributed by atoms with Crippen LogP contribution in [0.5, 0.6) is 11.5 Å². The molecule has 30 heavy (non-hydrogen) atoms. The van der Waals surface area contributed by atoms with E-state index in [1.54, 1.807) is 6.07 Å². The maximum Gasteiger partial charge on any atom is 0.272 e. The van der Waals surface area contributed by atoms with Crippen molar-refractivity contribution in [2.45, 2.75) is 11.4 Å².